The van der Waals surface area contributed by atoms with E-state index in [2.05, 4.69) is 51.9 Å². The summed E-state index contributed by atoms with van der Waals surface area (Å²) in [6.07, 6.45) is -8.58. The molecule has 34 heteroatoms. The molecule has 0 aliphatic carbocycles. The number of anilines is 2. The number of aliphatic hydroxyl groups excluding tert-OH is 4. The zero-order valence-electron chi connectivity index (χ0n) is 26.6. The summed E-state index contributed by atoms with van der Waals surface area (Å²) in [5.74, 6) is -0.0284. The fourth-order valence-electron chi connectivity index (χ4n) is 5.11. The van der Waals surface area contributed by atoms with E-state index in [1.54, 1.807) is 0 Å². The Balaban J connectivity index is 0.00000561. The molecule has 8 unspecified atom stereocenters. The molecule has 300 valence electrons. The quantitative estimate of drug-likeness (QED) is 0.0595. The van der Waals surface area contributed by atoms with Gasteiger partial charge in [0.25, 0.3) is 0 Å². The molecule has 0 amide bonds. The Hall–Kier alpha value is -3.02. The van der Waals surface area contributed by atoms with Crippen molar-refractivity contribution < 1.29 is 89.7 Å². The molecule has 2 saturated heterocycles. The number of imidazole rings is 2. The van der Waals surface area contributed by atoms with Crippen molar-refractivity contribution in [2.45, 2.75) is 49.1 Å². The van der Waals surface area contributed by atoms with Crippen LogP contribution in [0.2, 0.25) is 0 Å². The molecule has 54 heavy (non-hydrogen) atoms. The van der Waals surface area contributed by atoms with Gasteiger partial charge in [0, 0.05) is 0 Å². The number of rotatable bonds is 14. The predicted octanol–water partition coefficient (Wildman–Crippen LogP) is -2.28. The smallest absolute Gasteiger partial charge is 0.387 e. The number of phosphoric acid groups is 4. The molecule has 4 aromatic rings. The fraction of sp³-hybridized carbons (Fsp3) is 0.500. The lowest BCUT2D eigenvalue weighted by atomic mass is 10.1. The van der Waals surface area contributed by atoms with Crippen molar-refractivity contribution in [3.05, 3.63) is 25.3 Å². The highest BCUT2D eigenvalue weighted by molar-refractivity contribution is 7.69. The van der Waals surface area contributed by atoms with E-state index in [1.807, 2.05) is 0 Å². The van der Waals surface area contributed by atoms with Crippen LogP contribution >= 0.6 is 31.3 Å². The van der Waals surface area contributed by atoms with Gasteiger partial charge in [-0.2, -0.15) is 12.9 Å². The Labute approximate surface area is 299 Å². The fourth-order valence-corrected chi connectivity index (χ4v) is 10.1. The van der Waals surface area contributed by atoms with E-state index in [4.69, 9.17) is 20.9 Å². The second-order valence-corrected chi connectivity index (χ2v) is 17.2. The number of nitrogens with zero attached hydrogens (tertiary/aromatic N) is 8. The molecule has 30 nitrogen and oxygen atoms in total. The topological polar surface area (TPSA) is 469 Å². The van der Waals surface area contributed by atoms with Crippen LogP contribution in [0.4, 0.5) is 11.6 Å². The zero-order valence-corrected chi connectivity index (χ0v) is 30.2. The first kappa shape index (κ1) is 42.1. The number of aliphatic hydroxyl groups is 4. The van der Waals surface area contributed by atoms with Crippen molar-refractivity contribution in [1.29, 1.82) is 0 Å². The summed E-state index contributed by atoms with van der Waals surface area (Å²) in [4.78, 5) is 63.0. The average molecular weight is 853 g/mol. The van der Waals surface area contributed by atoms with Crippen molar-refractivity contribution in [2.75, 3.05) is 24.7 Å². The number of hydrogen-bond acceptors (Lipinski definition) is 24. The van der Waals surface area contributed by atoms with E-state index < -0.39 is 93.6 Å². The largest absolute Gasteiger partial charge is 0.490 e. The molecule has 12 atom stereocenters. The standard InChI is InChI=1S/C20H28N10O19P4.H3N/c21-15-9-17(25-3-23-15)29(5-27-9)19-13(33)11(31)7(45-19)1-43-50(35,36)47-52(39,40)49-53(41,42)48-51(37,38)44-2-8-12(32)14(34)20(46-8)30-6-28-10-16(22)24-4-26-18(10)30;/h3-8,11-14,19-20,31-34H,1-2H2,(H,35,36)(H,37,38)(H,39,40)(H,41,42)(H2,21,23,25)(H2,22,24,26);1H3/t7?,8?,11-,12-,13-,14-,19?,20?;/m1./s1. The molecular formula is C20H31N11O19P4. The second kappa shape index (κ2) is 15.5. The van der Waals surface area contributed by atoms with E-state index in [0.717, 1.165) is 34.4 Å². The molecule has 4 aromatic heterocycles. The average Bonchev–Trinajstić information content (AvgIpc) is 3.80. The minimum absolute atomic E-state index is 0. The number of aromatic nitrogens is 8. The predicted molar refractivity (Wildman–Crippen MR) is 171 cm³/mol. The Bertz CT molecular complexity index is 2040. The van der Waals surface area contributed by atoms with Crippen LogP contribution in [0.1, 0.15) is 12.5 Å². The molecule has 15 N–H and O–H groups in total. The number of fused-ring (bicyclic) bond motifs is 2. The maximum atomic E-state index is 12.4. The Morgan fingerprint density at radius 3 is 1.31 bits per heavy atom. The lowest BCUT2D eigenvalue weighted by Gasteiger charge is -2.21. The van der Waals surface area contributed by atoms with Gasteiger partial charge in [-0.15, -0.1) is 0 Å². The number of hydrogen-bond donors (Lipinski definition) is 11. The van der Waals surface area contributed by atoms with Crippen LogP contribution in [-0.2, 0) is 49.7 Å². The zero-order chi connectivity index (χ0) is 38.7. The highest BCUT2D eigenvalue weighted by Crippen LogP contribution is 2.71. The molecule has 0 aromatic carbocycles. The van der Waals surface area contributed by atoms with Crippen LogP contribution in [0.5, 0.6) is 0 Å². The summed E-state index contributed by atoms with van der Waals surface area (Å²) < 4.78 is 83.4. The third kappa shape index (κ3) is 8.83. The van der Waals surface area contributed by atoms with Crippen molar-refractivity contribution in [3.63, 3.8) is 0 Å². The highest BCUT2D eigenvalue weighted by atomic mass is 31.3. The van der Waals surface area contributed by atoms with Crippen LogP contribution in [0, 0.1) is 0 Å². The normalized spacial score (nSPS) is 30.4. The molecule has 0 bridgehead atoms. The van der Waals surface area contributed by atoms with Crippen molar-refractivity contribution in [1.82, 2.24) is 45.2 Å². The van der Waals surface area contributed by atoms with Crippen molar-refractivity contribution >= 4 is 65.3 Å². The van der Waals surface area contributed by atoms with Gasteiger partial charge >= 0.3 is 31.3 Å². The van der Waals surface area contributed by atoms with Gasteiger partial charge in [0.2, 0.25) is 0 Å². The minimum Gasteiger partial charge on any atom is -0.387 e. The number of phosphoric ester groups is 2. The van der Waals surface area contributed by atoms with E-state index >= 15 is 0 Å². The van der Waals surface area contributed by atoms with Crippen LogP contribution in [0.25, 0.3) is 22.3 Å². The number of nitrogen functional groups attached to an aromatic ring is 2. The molecular weight excluding hydrogens is 822 g/mol. The van der Waals surface area contributed by atoms with E-state index in [9.17, 15) is 58.3 Å². The van der Waals surface area contributed by atoms with Crippen molar-refractivity contribution in [3.8, 4) is 0 Å². The van der Waals surface area contributed by atoms with Gasteiger partial charge in [-0.3, -0.25) is 18.2 Å². The minimum atomic E-state index is -6.19. The monoisotopic (exact) mass is 853 g/mol. The highest BCUT2D eigenvalue weighted by Gasteiger charge is 2.50. The second-order valence-electron chi connectivity index (χ2n) is 11.0. The summed E-state index contributed by atoms with van der Waals surface area (Å²) in [5.41, 5.74) is 11.9. The SMILES string of the molecule is N.Nc1ncnc2c1ncn2C1OC(COP(=O)(O)OP(=O)(O)OP(=O)(O)OP(=O)(O)OCC2OC(n3cnc4c(N)ncnc43)[C@H](O)[C@@H]2O)[C@@H](O)[C@H]1O. The van der Waals surface area contributed by atoms with Gasteiger partial charge in [0.15, 0.2) is 35.4 Å². The van der Waals surface area contributed by atoms with Crippen LogP contribution in [-0.4, -0.2) is 129 Å². The maximum absolute atomic E-state index is 12.4. The molecule has 2 fully saturated rings. The Kier molecular flexibility index (Phi) is 12.1. The van der Waals surface area contributed by atoms with Gasteiger partial charge in [0.05, 0.1) is 25.9 Å². The summed E-state index contributed by atoms with van der Waals surface area (Å²) in [6, 6.07) is 0. The van der Waals surface area contributed by atoms with Crippen LogP contribution < -0.4 is 17.6 Å². The van der Waals surface area contributed by atoms with E-state index in [0.29, 0.717) is 0 Å². The van der Waals surface area contributed by atoms with Gasteiger partial charge < -0.3 is 67.1 Å². The maximum Gasteiger partial charge on any atom is 0.490 e. The summed E-state index contributed by atoms with van der Waals surface area (Å²) in [7, 11) is -23.9. The third-order valence-corrected chi connectivity index (χ3v) is 13.3. The summed E-state index contributed by atoms with van der Waals surface area (Å²) in [5, 5.41) is 41.8. The molecule has 0 saturated carbocycles. The van der Waals surface area contributed by atoms with Crippen LogP contribution in [0.15, 0.2) is 25.3 Å². The lowest BCUT2D eigenvalue weighted by Crippen LogP contribution is -2.33. The Morgan fingerprint density at radius 1 is 0.593 bits per heavy atom. The Morgan fingerprint density at radius 2 is 0.944 bits per heavy atom. The third-order valence-electron chi connectivity index (χ3n) is 7.42. The number of nitrogens with two attached hydrogens (primary N) is 2. The van der Waals surface area contributed by atoms with Gasteiger partial charge in [0.1, 0.15) is 60.3 Å². The van der Waals surface area contributed by atoms with Crippen LogP contribution in [0.3, 0.4) is 0 Å². The van der Waals surface area contributed by atoms with Gasteiger partial charge in [-0.25, -0.2) is 48.2 Å². The van der Waals surface area contributed by atoms with Gasteiger partial charge in [-0.1, -0.05) is 0 Å². The summed E-state index contributed by atoms with van der Waals surface area (Å²) in [6.45, 7) is -2.22. The molecule has 6 heterocycles. The number of ether oxygens (including phenoxy) is 2. The first-order valence-electron chi connectivity index (χ1n) is 14.3. The molecule has 0 radical (unpaired) electrons. The first-order chi connectivity index (χ1) is 24.7. The molecule has 2 aliphatic heterocycles. The van der Waals surface area contributed by atoms with E-state index in [1.165, 1.54) is 0 Å². The molecule has 2 aliphatic rings. The first-order valence-corrected chi connectivity index (χ1v) is 20.3. The van der Waals surface area contributed by atoms with Crippen molar-refractivity contribution in [2.24, 2.45) is 0 Å². The lowest BCUT2D eigenvalue weighted by molar-refractivity contribution is -0.0505. The summed E-state index contributed by atoms with van der Waals surface area (Å²) >= 11 is 0. The molecule has 0 spiro atoms. The molecule has 6 rings (SSSR count). The van der Waals surface area contributed by atoms with E-state index in [-0.39, 0.29) is 40.1 Å². The van der Waals surface area contributed by atoms with Gasteiger partial charge in [-0.05, 0) is 0 Å².